The van der Waals surface area contributed by atoms with Gasteiger partial charge in [-0.15, -0.1) is 0 Å². The Labute approximate surface area is 104 Å². The van der Waals surface area contributed by atoms with Crippen LogP contribution in [0, 0.1) is 0 Å². The molecule has 2 rings (SSSR count). The van der Waals surface area contributed by atoms with E-state index in [1.807, 2.05) is 0 Å². The summed E-state index contributed by atoms with van der Waals surface area (Å²) in [6.45, 7) is 9.28. The van der Waals surface area contributed by atoms with Crippen molar-refractivity contribution in [3.05, 3.63) is 29.8 Å². The van der Waals surface area contributed by atoms with Gasteiger partial charge in [0.25, 0.3) is 0 Å². The summed E-state index contributed by atoms with van der Waals surface area (Å²) in [6, 6.07) is 8.82. The van der Waals surface area contributed by atoms with E-state index in [1.165, 1.54) is 5.56 Å². The summed E-state index contributed by atoms with van der Waals surface area (Å²) in [7, 11) is 0. The van der Waals surface area contributed by atoms with Gasteiger partial charge in [0, 0.05) is 25.7 Å². The smallest absolute Gasteiger partial charge is 0.120 e. The fourth-order valence-corrected chi connectivity index (χ4v) is 2.01. The highest BCUT2D eigenvalue weighted by Gasteiger charge is 2.15. The molecule has 0 saturated carbocycles. The van der Waals surface area contributed by atoms with Gasteiger partial charge in [-0.3, -0.25) is 0 Å². The van der Waals surface area contributed by atoms with Crippen LogP contribution >= 0.6 is 0 Å². The number of piperazine rings is 1. The van der Waals surface area contributed by atoms with E-state index in [1.54, 1.807) is 0 Å². The van der Waals surface area contributed by atoms with E-state index in [-0.39, 0.29) is 5.60 Å². The zero-order valence-electron chi connectivity index (χ0n) is 10.9. The van der Waals surface area contributed by atoms with E-state index in [4.69, 9.17) is 4.74 Å². The summed E-state index contributed by atoms with van der Waals surface area (Å²) in [4.78, 5) is 0. The highest BCUT2D eigenvalue weighted by molar-refractivity contribution is 5.30. The lowest BCUT2D eigenvalue weighted by atomic mass is 10.1. The first kappa shape index (κ1) is 12.4. The maximum absolute atomic E-state index is 5.81. The molecule has 0 spiro atoms. The normalized spacial score (nSPS) is 21.2. The van der Waals surface area contributed by atoms with Gasteiger partial charge >= 0.3 is 0 Å². The van der Waals surface area contributed by atoms with Crippen LogP contribution in [0.2, 0.25) is 0 Å². The number of ether oxygens (including phenoxy) is 1. The topological polar surface area (TPSA) is 33.3 Å². The molecular formula is C14H22N2O. The Morgan fingerprint density at radius 1 is 1.12 bits per heavy atom. The molecule has 17 heavy (non-hydrogen) atoms. The average molecular weight is 234 g/mol. The molecule has 1 aromatic rings. The van der Waals surface area contributed by atoms with Gasteiger partial charge in [-0.1, -0.05) is 12.1 Å². The van der Waals surface area contributed by atoms with Crippen molar-refractivity contribution < 1.29 is 4.74 Å². The summed E-state index contributed by atoms with van der Waals surface area (Å²) in [6.07, 6.45) is 0. The molecule has 1 aliphatic heterocycles. The molecule has 1 heterocycles. The number of rotatable bonds is 2. The lowest BCUT2D eigenvalue weighted by Crippen LogP contribution is -2.42. The third kappa shape index (κ3) is 3.72. The fraction of sp³-hybridized carbons (Fsp3) is 0.571. The van der Waals surface area contributed by atoms with Crippen LogP contribution in [-0.2, 0) is 0 Å². The van der Waals surface area contributed by atoms with Gasteiger partial charge in [0.1, 0.15) is 11.4 Å². The zero-order chi connectivity index (χ0) is 12.3. The largest absolute Gasteiger partial charge is 0.488 e. The van der Waals surface area contributed by atoms with Gasteiger partial charge < -0.3 is 15.4 Å². The van der Waals surface area contributed by atoms with Crippen LogP contribution in [0.3, 0.4) is 0 Å². The standard InChI is InChI=1S/C14H22N2O/c1-14(2,3)17-12-6-4-11(5-7-12)13-10-15-8-9-16-13/h4-7,13,15-16H,8-10H2,1-3H3. The first-order chi connectivity index (χ1) is 8.04. The fourth-order valence-electron chi connectivity index (χ4n) is 2.01. The Balaban J connectivity index is 2.02. The molecule has 3 heteroatoms. The first-order valence-electron chi connectivity index (χ1n) is 6.28. The molecule has 1 aromatic carbocycles. The molecule has 1 saturated heterocycles. The van der Waals surface area contributed by atoms with Crippen LogP contribution in [0.25, 0.3) is 0 Å². The number of hydrogen-bond donors (Lipinski definition) is 2. The number of benzene rings is 1. The van der Waals surface area contributed by atoms with E-state index in [0.717, 1.165) is 25.4 Å². The lowest BCUT2D eigenvalue weighted by Gasteiger charge is -2.25. The maximum atomic E-state index is 5.81. The first-order valence-corrected chi connectivity index (χ1v) is 6.28. The Morgan fingerprint density at radius 2 is 1.82 bits per heavy atom. The molecule has 0 amide bonds. The highest BCUT2D eigenvalue weighted by atomic mass is 16.5. The molecule has 1 aliphatic rings. The van der Waals surface area contributed by atoms with E-state index < -0.39 is 0 Å². The molecule has 0 radical (unpaired) electrons. The van der Waals surface area contributed by atoms with Crippen molar-refractivity contribution >= 4 is 0 Å². The van der Waals surface area contributed by atoms with E-state index in [9.17, 15) is 0 Å². The number of nitrogens with one attached hydrogen (secondary N) is 2. The van der Waals surface area contributed by atoms with E-state index in [0.29, 0.717) is 6.04 Å². The molecule has 0 bridgehead atoms. The second-order valence-electron chi connectivity index (χ2n) is 5.49. The van der Waals surface area contributed by atoms with Crippen molar-refractivity contribution in [3.8, 4) is 5.75 Å². The molecule has 0 aliphatic carbocycles. The summed E-state index contributed by atoms with van der Waals surface area (Å²) >= 11 is 0. The van der Waals surface area contributed by atoms with E-state index in [2.05, 4.69) is 55.7 Å². The predicted molar refractivity (Wildman–Crippen MR) is 70.4 cm³/mol. The van der Waals surface area contributed by atoms with Gasteiger partial charge in [-0.25, -0.2) is 0 Å². The van der Waals surface area contributed by atoms with Crippen LogP contribution in [0.15, 0.2) is 24.3 Å². The SMILES string of the molecule is CC(C)(C)Oc1ccc(C2CNCCN2)cc1. The second-order valence-corrected chi connectivity index (χ2v) is 5.49. The van der Waals surface area contributed by atoms with Gasteiger partial charge in [-0.2, -0.15) is 0 Å². The lowest BCUT2D eigenvalue weighted by molar-refractivity contribution is 0.131. The molecule has 3 nitrogen and oxygen atoms in total. The second kappa shape index (κ2) is 5.07. The Kier molecular flexibility index (Phi) is 3.69. The monoisotopic (exact) mass is 234 g/mol. The third-order valence-corrected chi connectivity index (χ3v) is 2.75. The molecule has 1 fully saturated rings. The van der Waals surface area contributed by atoms with Crippen molar-refractivity contribution in [1.29, 1.82) is 0 Å². The van der Waals surface area contributed by atoms with Crippen LogP contribution in [0.5, 0.6) is 5.75 Å². The zero-order valence-corrected chi connectivity index (χ0v) is 10.9. The maximum Gasteiger partial charge on any atom is 0.120 e. The van der Waals surface area contributed by atoms with Gasteiger partial charge in [0.15, 0.2) is 0 Å². The average Bonchev–Trinajstić information content (AvgIpc) is 2.29. The molecule has 94 valence electrons. The minimum atomic E-state index is -0.133. The Bertz CT molecular complexity index is 347. The van der Waals surface area contributed by atoms with Crippen molar-refractivity contribution in [2.24, 2.45) is 0 Å². The van der Waals surface area contributed by atoms with Crippen LogP contribution in [-0.4, -0.2) is 25.2 Å². The van der Waals surface area contributed by atoms with Crippen molar-refractivity contribution in [1.82, 2.24) is 10.6 Å². The van der Waals surface area contributed by atoms with Crippen molar-refractivity contribution in [2.45, 2.75) is 32.4 Å². The number of hydrogen-bond acceptors (Lipinski definition) is 3. The van der Waals surface area contributed by atoms with Gasteiger partial charge in [-0.05, 0) is 38.5 Å². The van der Waals surface area contributed by atoms with Crippen molar-refractivity contribution in [3.63, 3.8) is 0 Å². The summed E-state index contributed by atoms with van der Waals surface area (Å²) in [5.74, 6) is 0.935. The van der Waals surface area contributed by atoms with Crippen LogP contribution in [0.4, 0.5) is 0 Å². The van der Waals surface area contributed by atoms with Crippen LogP contribution in [0.1, 0.15) is 32.4 Å². The highest BCUT2D eigenvalue weighted by Crippen LogP contribution is 2.21. The van der Waals surface area contributed by atoms with Gasteiger partial charge in [0.05, 0.1) is 0 Å². The quantitative estimate of drug-likeness (QED) is 0.822. The minimum absolute atomic E-state index is 0.133. The predicted octanol–water partition coefficient (Wildman–Crippen LogP) is 2.10. The molecule has 0 aromatic heterocycles. The molecule has 2 N–H and O–H groups in total. The third-order valence-electron chi connectivity index (χ3n) is 2.75. The van der Waals surface area contributed by atoms with Gasteiger partial charge in [0.2, 0.25) is 0 Å². The molecule has 1 unspecified atom stereocenters. The Morgan fingerprint density at radius 3 is 2.35 bits per heavy atom. The minimum Gasteiger partial charge on any atom is -0.488 e. The summed E-state index contributed by atoms with van der Waals surface area (Å²) in [5, 5.41) is 6.89. The van der Waals surface area contributed by atoms with Crippen molar-refractivity contribution in [2.75, 3.05) is 19.6 Å². The molecular weight excluding hydrogens is 212 g/mol. The summed E-state index contributed by atoms with van der Waals surface area (Å²) in [5.41, 5.74) is 1.19. The van der Waals surface area contributed by atoms with Crippen LogP contribution < -0.4 is 15.4 Å². The Hall–Kier alpha value is -1.06. The summed E-state index contributed by atoms with van der Waals surface area (Å²) < 4.78 is 5.81. The van der Waals surface area contributed by atoms with E-state index >= 15 is 0 Å². The molecule has 1 atom stereocenters.